The third kappa shape index (κ3) is 3.95. The summed E-state index contributed by atoms with van der Waals surface area (Å²) in [7, 11) is 0. The van der Waals surface area contributed by atoms with Crippen molar-refractivity contribution in [1.29, 1.82) is 0 Å². The van der Waals surface area contributed by atoms with Gasteiger partial charge in [0.2, 0.25) is 0 Å². The van der Waals surface area contributed by atoms with E-state index in [0.29, 0.717) is 10.7 Å². The first-order chi connectivity index (χ1) is 10.1. The molecule has 118 valence electrons. The van der Waals surface area contributed by atoms with Gasteiger partial charge in [-0.1, -0.05) is 47.6 Å². The van der Waals surface area contributed by atoms with Crippen molar-refractivity contribution in [3.05, 3.63) is 46.5 Å². The van der Waals surface area contributed by atoms with Crippen LogP contribution in [0.15, 0.2) is 29.8 Å². The minimum Gasteiger partial charge on any atom is -0.298 e. The molecule has 0 unspecified atom stereocenters. The molecule has 0 atom stereocenters. The normalized spacial score (nSPS) is 12.3. The van der Waals surface area contributed by atoms with Gasteiger partial charge in [-0.25, -0.2) is 4.98 Å². The van der Waals surface area contributed by atoms with Gasteiger partial charge < -0.3 is 0 Å². The first kappa shape index (κ1) is 16.7. The van der Waals surface area contributed by atoms with Gasteiger partial charge >= 0.3 is 0 Å². The van der Waals surface area contributed by atoms with Crippen LogP contribution >= 0.6 is 11.3 Å². The monoisotopic (exact) mass is 316 g/mol. The molecule has 0 aliphatic heterocycles. The first-order valence-electron chi connectivity index (χ1n) is 7.44. The first-order valence-corrected chi connectivity index (χ1v) is 8.32. The van der Waals surface area contributed by atoms with Crippen LogP contribution in [0.5, 0.6) is 0 Å². The highest BCUT2D eigenvalue weighted by atomic mass is 32.1. The topological polar surface area (TPSA) is 42.0 Å². The highest BCUT2D eigenvalue weighted by Gasteiger charge is 2.22. The van der Waals surface area contributed by atoms with Crippen molar-refractivity contribution in [2.45, 2.75) is 52.4 Å². The molecule has 1 aromatic heterocycles. The summed E-state index contributed by atoms with van der Waals surface area (Å²) in [4.78, 5) is 16.6. The van der Waals surface area contributed by atoms with Gasteiger partial charge in [-0.15, -0.1) is 11.3 Å². The molecule has 4 heteroatoms. The average Bonchev–Trinajstić information content (AvgIpc) is 2.89. The van der Waals surface area contributed by atoms with E-state index in [1.54, 1.807) is 6.20 Å². The van der Waals surface area contributed by atoms with Crippen molar-refractivity contribution < 1.29 is 4.79 Å². The Bertz CT molecular complexity index is 629. The molecule has 0 aliphatic carbocycles. The van der Waals surface area contributed by atoms with E-state index in [0.717, 1.165) is 0 Å². The number of thiazole rings is 1. The van der Waals surface area contributed by atoms with Gasteiger partial charge in [-0.3, -0.25) is 10.1 Å². The molecular formula is C18H24N2OS. The molecule has 1 heterocycles. The predicted molar refractivity (Wildman–Crippen MR) is 93.9 cm³/mol. The Hall–Kier alpha value is -1.68. The van der Waals surface area contributed by atoms with E-state index in [1.807, 2.05) is 17.5 Å². The zero-order valence-electron chi connectivity index (χ0n) is 14.2. The molecule has 1 amide bonds. The summed E-state index contributed by atoms with van der Waals surface area (Å²) < 4.78 is 0. The fourth-order valence-electron chi connectivity index (χ4n) is 2.08. The van der Waals surface area contributed by atoms with Gasteiger partial charge in [0, 0.05) is 17.1 Å². The molecule has 0 saturated heterocycles. The minimum atomic E-state index is -0.105. The van der Waals surface area contributed by atoms with E-state index in [2.05, 4.69) is 57.9 Å². The summed E-state index contributed by atoms with van der Waals surface area (Å²) >= 11 is 1.42. The average molecular weight is 316 g/mol. The number of nitrogens with one attached hydrogen (secondary N) is 1. The van der Waals surface area contributed by atoms with Crippen LogP contribution < -0.4 is 5.32 Å². The van der Waals surface area contributed by atoms with Crippen LogP contribution in [0.2, 0.25) is 0 Å². The Morgan fingerprint density at radius 3 is 1.95 bits per heavy atom. The Balaban J connectivity index is 2.44. The third-order valence-corrected chi connectivity index (χ3v) is 4.27. The van der Waals surface area contributed by atoms with Crippen molar-refractivity contribution in [3.63, 3.8) is 0 Å². The lowest BCUT2D eigenvalue weighted by molar-refractivity contribution is 0.102. The van der Waals surface area contributed by atoms with Crippen molar-refractivity contribution in [1.82, 2.24) is 4.98 Å². The smallest absolute Gasteiger partial charge is 0.257 e. The van der Waals surface area contributed by atoms with Gasteiger partial charge in [-0.2, -0.15) is 0 Å². The molecular weight excluding hydrogens is 292 g/mol. The van der Waals surface area contributed by atoms with E-state index in [-0.39, 0.29) is 16.7 Å². The second kappa shape index (κ2) is 5.84. The molecule has 0 radical (unpaired) electrons. The third-order valence-electron chi connectivity index (χ3n) is 3.58. The SMILES string of the molecule is CC(C)(C)c1cc(C(=O)Nc2nccs2)cc(C(C)(C)C)c1. The summed E-state index contributed by atoms with van der Waals surface area (Å²) in [5.74, 6) is -0.105. The fourth-order valence-corrected chi connectivity index (χ4v) is 2.60. The number of anilines is 1. The van der Waals surface area contributed by atoms with E-state index >= 15 is 0 Å². The number of carbonyl (C=O) groups is 1. The number of nitrogens with zero attached hydrogens (tertiary/aromatic N) is 1. The molecule has 0 aliphatic rings. The Morgan fingerprint density at radius 1 is 1.00 bits per heavy atom. The molecule has 1 aromatic carbocycles. The summed E-state index contributed by atoms with van der Waals surface area (Å²) in [5, 5.41) is 5.34. The van der Waals surface area contributed by atoms with Crippen molar-refractivity contribution >= 4 is 22.4 Å². The maximum Gasteiger partial charge on any atom is 0.257 e. The van der Waals surface area contributed by atoms with Crippen LogP contribution in [0.1, 0.15) is 63.0 Å². The van der Waals surface area contributed by atoms with Crippen LogP contribution in [0.25, 0.3) is 0 Å². The molecule has 0 fully saturated rings. The maximum absolute atomic E-state index is 12.5. The second-order valence-corrected chi connectivity index (χ2v) is 8.48. The van der Waals surface area contributed by atoms with Gasteiger partial charge in [0.25, 0.3) is 5.91 Å². The summed E-state index contributed by atoms with van der Waals surface area (Å²) in [6.45, 7) is 13.0. The quantitative estimate of drug-likeness (QED) is 0.848. The predicted octanol–water partition coefficient (Wildman–Crippen LogP) is 4.99. The van der Waals surface area contributed by atoms with Gasteiger partial charge in [-0.05, 0) is 34.1 Å². The van der Waals surface area contributed by atoms with Crippen LogP contribution in [-0.4, -0.2) is 10.9 Å². The fraction of sp³-hybridized carbons (Fsp3) is 0.444. The number of hydrogen-bond acceptors (Lipinski definition) is 3. The lowest BCUT2D eigenvalue weighted by atomic mass is 9.79. The molecule has 0 bridgehead atoms. The largest absolute Gasteiger partial charge is 0.298 e. The van der Waals surface area contributed by atoms with E-state index in [4.69, 9.17) is 0 Å². The summed E-state index contributed by atoms with van der Waals surface area (Å²) in [6, 6.07) is 6.18. The number of amides is 1. The van der Waals surface area contributed by atoms with Crippen molar-refractivity contribution in [2.24, 2.45) is 0 Å². The molecule has 22 heavy (non-hydrogen) atoms. The molecule has 2 aromatic rings. The highest BCUT2D eigenvalue weighted by Crippen LogP contribution is 2.30. The van der Waals surface area contributed by atoms with Crippen molar-refractivity contribution in [2.75, 3.05) is 5.32 Å². The number of benzene rings is 1. The maximum atomic E-state index is 12.5. The highest BCUT2D eigenvalue weighted by molar-refractivity contribution is 7.13. The second-order valence-electron chi connectivity index (χ2n) is 7.59. The number of aromatic nitrogens is 1. The Morgan fingerprint density at radius 2 is 1.55 bits per heavy atom. The van der Waals surface area contributed by atoms with Gasteiger partial charge in [0.05, 0.1) is 0 Å². The number of rotatable bonds is 2. The Labute approximate surface area is 136 Å². The van der Waals surface area contributed by atoms with Crippen LogP contribution in [0.3, 0.4) is 0 Å². The van der Waals surface area contributed by atoms with E-state index < -0.39 is 0 Å². The molecule has 1 N–H and O–H groups in total. The summed E-state index contributed by atoms with van der Waals surface area (Å²) in [6.07, 6.45) is 1.69. The minimum absolute atomic E-state index is 0.00251. The van der Waals surface area contributed by atoms with E-state index in [1.165, 1.54) is 22.5 Å². The number of hydrogen-bond donors (Lipinski definition) is 1. The molecule has 2 rings (SSSR count). The zero-order chi connectivity index (χ0) is 16.5. The summed E-state index contributed by atoms with van der Waals surface area (Å²) in [5.41, 5.74) is 3.02. The number of carbonyl (C=O) groups excluding carboxylic acids is 1. The zero-order valence-corrected chi connectivity index (χ0v) is 15.0. The van der Waals surface area contributed by atoms with Crippen LogP contribution in [0, 0.1) is 0 Å². The van der Waals surface area contributed by atoms with Crippen molar-refractivity contribution in [3.8, 4) is 0 Å². The standard InChI is InChI=1S/C18H24N2OS/c1-17(2,3)13-9-12(10-14(11-13)18(4,5)6)15(21)20-16-19-7-8-22-16/h7-11H,1-6H3,(H,19,20,21). The molecule has 0 spiro atoms. The molecule has 0 saturated carbocycles. The Kier molecular flexibility index (Phi) is 4.43. The van der Waals surface area contributed by atoms with Gasteiger partial charge in [0.1, 0.15) is 0 Å². The van der Waals surface area contributed by atoms with Crippen LogP contribution in [0.4, 0.5) is 5.13 Å². The molecule has 3 nitrogen and oxygen atoms in total. The lowest BCUT2D eigenvalue weighted by Gasteiger charge is -2.26. The van der Waals surface area contributed by atoms with Gasteiger partial charge in [0.15, 0.2) is 5.13 Å². The lowest BCUT2D eigenvalue weighted by Crippen LogP contribution is -2.20. The van der Waals surface area contributed by atoms with E-state index in [9.17, 15) is 4.79 Å². The van der Waals surface area contributed by atoms with Crippen LogP contribution in [-0.2, 0) is 10.8 Å².